The smallest absolute Gasteiger partial charge is 0.407 e. The Morgan fingerprint density at radius 2 is 2.54 bits per heavy atom. The van der Waals surface area contributed by atoms with E-state index in [0.717, 1.165) is 11.3 Å². The van der Waals surface area contributed by atoms with Crippen molar-refractivity contribution in [2.75, 3.05) is 6.61 Å². The van der Waals surface area contributed by atoms with Gasteiger partial charge in [-0.3, -0.25) is 5.10 Å². The number of carbonyl (C=O) groups is 1. The average molecular weight is 183 g/mol. The summed E-state index contributed by atoms with van der Waals surface area (Å²) in [5, 5.41) is 9.22. The molecule has 0 atom stereocenters. The highest BCUT2D eigenvalue weighted by Crippen LogP contribution is 2.00. The molecule has 13 heavy (non-hydrogen) atoms. The molecule has 0 unspecified atom stereocenters. The molecule has 5 heteroatoms. The summed E-state index contributed by atoms with van der Waals surface area (Å²) in [6.07, 6.45) is 1.28. The molecular weight excluding hydrogens is 170 g/mol. The molecule has 0 aromatic carbocycles. The molecule has 0 saturated heterocycles. The quantitative estimate of drug-likeness (QED) is 0.733. The first-order valence-electron chi connectivity index (χ1n) is 4.13. The van der Waals surface area contributed by atoms with Gasteiger partial charge in [0.05, 0.1) is 12.8 Å². The van der Waals surface area contributed by atoms with Crippen molar-refractivity contribution < 1.29 is 9.53 Å². The van der Waals surface area contributed by atoms with Crippen molar-refractivity contribution in [1.82, 2.24) is 15.5 Å². The van der Waals surface area contributed by atoms with Crippen molar-refractivity contribution >= 4 is 6.09 Å². The highest BCUT2D eigenvalue weighted by Gasteiger charge is 2.03. The van der Waals surface area contributed by atoms with Crippen molar-refractivity contribution in [2.24, 2.45) is 0 Å². The van der Waals surface area contributed by atoms with Crippen molar-refractivity contribution in [1.29, 1.82) is 0 Å². The molecule has 1 aromatic rings. The Labute approximate surface area is 76.5 Å². The van der Waals surface area contributed by atoms with E-state index in [0.29, 0.717) is 13.2 Å². The number of carbonyl (C=O) groups excluding carboxylic acids is 1. The summed E-state index contributed by atoms with van der Waals surface area (Å²) >= 11 is 0. The molecule has 72 valence electrons. The van der Waals surface area contributed by atoms with Crippen LogP contribution in [0.4, 0.5) is 4.79 Å². The Kier molecular flexibility index (Phi) is 3.31. The van der Waals surface area contributed by atoms with Crippen LogP contribution >= 0.6 is 0 Å². The largest absolute Gasteiger partial charge is 0.450 e. The molecule has 5 nitrogen and oxygen atoms in total. The molecule has 0 bridgehead atoms. The van der Waals surface area contributed by atoms with Gasteiger partial charge in [-0.05, 0) is 13.8 Å². The number of aromatic amines is 1. The van der Waals surface area contributed by atoms with Gasteiger partial charge in [-0.25, -0.2) is 4.79 Å². The van der Waals surface area contributed by atoms with Crippen LogP contribution in [0.3, 0.4) is 0 Å². The van der Waals surface area contributed by atoms with Gasteiger partial charge in [0.15, 0.2) is 0 Å². The van der Waals surface area contributed by atoms with E-state index < -0.39 is 6.09 Å². The summed E-state index contributed by atoms with van der Waals surface area (Å²) < 4.78 is 4.70. The van der Waals surface area contributed by atoms with Crippen LogP contribution in [0, 0.1) is 6.92 Å². The number of hydrogen-bond acceptors (Lipinski definition) is 3. The summed E-state index contributed by atoms with van der Waals surface area (Å²) in [6.45, 7) is 4.50. The molecule has 1 rings (SSSR count). The van der Waals surface area contributed by atoms with Crippen LogP contribution < -0.4 is 5.32 Å². The maximum absolute atomic E-state index is 10.9. The highest BCUT2D eigenvalue weighted by molar-refractivity contribution is 5.67. The summed E-state index contributed by atoms with van der Waals surface area (Å²) in [5.41, 5.74) is 1.92. The molecule has 0 aliphatic heterocycles. The van der Waals surface area contributed by atoms with Crippen LogP contribution in [-0.4, -0.2) is 22.9 Å². The number of nitrogens with one attached hydrogen (secondary N) is 2. The Morgan fingerprint density at radius 3 is 3.08 bits per heavy atom. The molecular formula is C8H13N3O2. The third kappa shape index (κ3) is 2.77. The Bertz CT molecular complexity index is 283. The summed E-state index contributed by atoms with van der Waals surface area (Å²) in [6, 6.07) is 0. The number of nitrogens with zero attached hydrogens (tertiary/aromatic N) is 1. The number of alkyl carbamates (subject to hydrolysis) is 1. The third-order valence-corrected chi connectivity index (χ3v) is 1.63. The minimum Gasteiger partial charge on any atom is -0.450 e. The van der Waals surface area contributed by atoms with E-state index in [-0.39, 0.29) is 0 Å². The average Bonchev–Trinajstić information content (AvgIpc) is 2.48. The molecule has 1 aromatic heterocycles. The highest BCUT2D eigenvalue weighted by atomic mass is 16.5. The zero-order valence-electron chi connectivity index (χ0n) is 7.76. The van der Waals surface area contributed by atoms with Gasteiger partial charge in [-0.15, -0.1) is 0 Å². The van der Waals surface area contributed by atoms with Gasteiger partial charge in [0.2, 0.25) is 0 Å². The number of H-pyrrole nitrogens is 1. The van der Waals surface area contributed by atoms with Crippen molar-refractivity contribution in [3.63, 3.8) is 0 Å². The predicted molar refractivity (Wildman–Crippen MR) is 47.2 cm³/mol. The second-order valence-corrected chi connectivity index (χ2v) is 2.59. The number of ether oxygens (including phenoxy) is 1. The fraction of sp³-hybridized carbons (Fsp3) is 0.500. The lowest BCUT2D eigenvalue weighted by Gasteiger charge is -2.03. The zero-order valence-corrected chi connectivity index (χ0v) is 7.76. The fourth-order valence-electron chi connectivity index (χ4n) is 0.903. The predicted octanol–water partition coefficient (Wildman–Crippen LogP) is 0.964. The molecule has 1 amide bonds. The van der Waals surface area contributed by atoms with Gasteiger partial charge in [-0.2, -0.15) is 5.10 Å². The second kappa shape index (κ2) is 4.49. The van der Waals surface area contributed by atoms with Gasteiger partial charge in [0.1, 0.15) is 0 Å². The molecule has 1 heterocycles. The molecule has 2 N–H and O–H groups in total. The van der Waals surface area contributed by atoms with Crippen LogP contribution in [0.25, 0.3) is 0 Å². The van der Waals surface area contributed by atoms with E-state index in [4.69, 9.17) is 4.74 Å². The first-order valence-corrected chi connectivity index (χ1v) is 4.13. The fourth-order valence-corrected chi connectivity index (χ4v) is 0.903. The third-order valence-electron chi connectivity index (χ3n) is 1.63. The van der Waals surface area contributed by atoms with Crippen LogP contribution in [0.2, 0.25) is 0 Å². The summed E-state index contributed by atoms with van der Waals surface area (Å²) in [4.78, 5) is 10.9. The van der Waals surface area contributed by atoms with Crippen molar-refractivity contribution in [2.45, 2.75) is 20.4 Å². The van der Waals surface area contributed by atoms with Crippen LogP contribution in [0.5, 0.6) is 0 Å². The monoisotopic (exact) mass is 183 g/mol. The van der Waals surface area contributed by atoms with Crippen LogP contribution in [0.15, 0.2) is 6.20 Å². The maximum atomic E-state index is 10.9. The topological polar surface area (TPSA) is 67.0 Å². The molecule has 0 radical (unpaired) electrons. The lowest BCUT2D eigenvalue weighted by atomic mass is 10.3. The number of aryl methyl sites for hydroxylation is 1. The lowest BCUT2D eigenvalue weighted by Crippen LogP contribution is -2.23. The van der Waals surface area contributed by atoms with Crippen LogP contribution in [0.1, 0.15) is 18.2 Å². The SMILES string of the molecule is CCOC(=O)NCc1cn[nH]c1C. The Hall–Kier alpha value is -1.52. The number of amides is 1. The standard InChI is InChI=1S/C8H13N3O2/c1-3-13-8(12)9-4-7-5-10-11-6(7)2/h5H,3-4H2,1-2H3,(H,9,12)(H,10,11). The van der Waals surface area contributed by atoms with Gasteiger partial charge in [0, 0.05) is 17.8 Å². The van der Waals surface area contributed by atoms with Crippen molar-refractivity contribution in [3.8, 4) is 0 Å². The van der Waals surface area contributed by atoms with E-state index >= 15 is 0 Å². The number of hydrogen-bond donors (Lipinski definition) is 2. The lowest BCUT2D eigenvalue weighted by molar-refractivity contribution is 0.151. The molecule has 0 fully saturated rings. The first kappa shape index (κ1) is 9.57. The molecule has 0 spiro atoms. The van der Waals surface area contributed by atoms with E-state index in [9.17, 15) is 4.79 Å². The van der Waals surface area contributed by atoms with Gasteiger partial charge >= 0.3 is 6.09 Å². The van der Waals surface area contributed by atoms with Crippen LogP contribution in [-0.2, 0) is 11.3 Å². The minimum absolute atomic E-state index is 0.385. The van der Waals surface area contributed by atoms with E-state index in [1.807, 2.05) is 6.92 Å². The Balaban J connectivity index is 2.35. The normalized spacial score (nSPS) is 9.69. The molecule has 0 saturated carbocycles. The van der Waals surface area contributed by atoms with Gasteiger partial charge in [-0.1, -0.05) is 0 Å². The minimum atomic E-state index is -0.400. The van der Waals surface area contributed by atoms with Gasteiger partial charge < -0.3 is 10.1 Å². The number of rotatable bonds is 3. The molecule has 0 aliphatic rings. The molecule has 0 aliphatic carbocycles. The number of aromatic nitrogens is 2. The van der Waals surface area contributed by atoms with E-state index in [1.54, 1.807) is 13.1 Å². The summed E-state index contributed by atoms with van der Waals surface area (Å²) in [7, 11) is 0. The second-order valence-electron chi connectivity index (χ2n) is 2.59. The summed E-state index contributed by atoms with van der Waals surface area (Å²) in [5.74, 6) is 0. The van der Waals surface area contributed by atoms with Crippen molar-refractivity contribution in [3.05, 3.63) is 17.5 Å². The van der Waals surface area contributed by atoms with Gasteiger partial charge in [0.25, 0.3) is 0 Å². The maximum Gasteiger partial charge on any atom is 0.407 e. The first-order chi connectivity index (χ1) is 6.24. The van der Waals surface area contributed by atoms with E-state index in [1.165, 1.54) is 0 Å². The Morgan fingerprint density at radius 1 is 1.77 bits per heavy atom. The zero-order chi connectivity index (χ0) is 9.68. The van der Waals surface area contributed by atoms with E-state index in [2.05, 4.69) is 15.5 Å².